The number of rotatable bonds is 3. The van der Waals surface area contributed by atoms with Crippen LogP contribution in [0.2, 0.25) is 0 Å². The van der Waals surface area contributed by atoms with Gasteiger partial charge in [-0.1, -0.05) is 13.3 Å². The third-order valence-corrected chi connectivity index (χ3v) is 1.33. The van der Waals surface area contributed by atoms with Crippen molar-refractivity contribution in [1.29, 1.82) is 0 Å². The molecule has 0 aliphatic heterocycles. The molecule has 1 rings (SSSR count). The van der Waals surface area contributed by atoms with Crippen LogP contribution in [0, 0.1) is 19.3 Å². The summed E-state index contributed by atoms with van der Waals surface area (Å²) in [5, 5.41) is 0. The largest absolute Gasteiger partial charge is 0.0533 e. The Kier molecular flexibility index (Phi) is 1.72. The summed E-state index contributed by atoms with van der Waals surface area (Å²) in [4.78, 5) is 0. The van der Waals surface area contributed by atoms with Crippen molar-refractivity contribution in [3.05, 3.63) is 13.3 Å². The normalized spacial score (nSPS) is 20.1. The SMILES string of the molecule is [CH2]CC[CH]C1CC1. The van der Waals surface area contributed by atoms with Gasteiger partial charge in [0.15, 0.2) is 0 Å². The summed E-state index contributed by atoms with van der Waals surface area (Å²) in [6, 6.07) is 0. The maximum atomic E-state index is 3.75. The summed E-state index contributed by atoms with van der Waals surface area (Å²) in [7, 11) is 0. The lowest BCUT2D eigenvalue weighted by molar-refractivity contribution is 0.851. The Hall–Kier alpha value is 0. The van der Waals surface area contributed by atoms with Gasteiger partial charge in [0, 0.05) is 0 Å². The van der Waals surface area contributed by atoms with Crippen molar-refractivity contribution in [2.24, 2.45) is 5.92 Å². The topological polar surface area (TPSA) is 0 Å². The van der Waals surface area contributed by atoms with Crippen molar-refractivity contribution >= 4 is 0 Å². The number of hydrogen-bond donors (Lipinski definition) is 0. The van der Waals surface area contributed by atoms with E-state index in [-0.39, 0.29) is 0 Å². The van der Waals surface area contributed by atoms with E-state index in [4.69, 9.17) is 0 Å². The van der Waals surface area contributed by atoms with Crippen molar-refractivity contribution in [2.45, 2.75) is 25.7 Å². The van der Waals surface area contributed by atoms with Gasteiger partial charge in [-0.25, -0.2) is 0 Å². The van der Waals surface area contributed by atoms with Gasteiger partial charge >= 0.3 is 0 Å². The van der Waals surface area contributed by atoms with Crippen LogP contribution >= 0.6 is 0 Å². The molecule has 0 unspecified atom stereocenters. The number of hydrogen-bond acceptors (Lipinski definition) is 0. The van der Waals surface area contributed by atoms with Gasteiger partial charge in [0.1, 0.15) is 0 Å². The minimum Gasteiger partial charge on any atom is -0.0533 e. The zero-order valence-electron chi connectivity index (χ0n) is 4.69. The van der Waals surface area contributed by atoms with E-state index in [1.807, 2.05) is 0 Å². The van der Waals surface area contributed by atoms with Crippen molar-refractivity contribution in [2.75, 3.05) is 0 Å². The van der Waals surface area contributed by atoms with Crippen LogP contribution in [0.5, 0.6) is 0 Å². The van der Waals surface area contributed by atoms with E-state index in [9.17, 15) is 0 Å². The highest BCUT2D eigenvalue weighted by Gasteiger charge is 2.19. The lowest BCUT2D eigenvalue weighted by Gasteiger charge is -1.88. The smallest absolute Gasteiger partial charge is 0.0355 e. The maximum Gasteiger partial charge on any atom is -0.0355 e. The average Bonchev–Trinajstić information content (AvgIpc) is 2.42. The molecule has 1 aliphatic carbocycles. The highest BCUT2D eigenvalue weighted by molar-refractivity contribution is 4.86. The molecule has 0 bridgehead atoms. The van der Waals surface area contributed by atoms with Crippen LogP contribution < -0.4 is 0 Å². The highest BCUT2D eigenvalue weighted by Crippen LogP contribution is 2.32. The summed E-state index contributed by atoms with van der Waals surface area (Å²) in [6.07, 6.45) is 7.59. The van der Waals surface area contributed by atoms with Crippen LogP contribution in [0.1, 0.15) is 25.7 Å². The first-order valence-electron chi connectivity index (χ1n) is 3.06. The van der Waals surface area contributed by atoms with E-state index >= 15 is 0 Å². The van der Waals surface area contributed by atoms with Crippen LogP contribution in [0.25, 0.3) is 0 Å². The summed E-state index contributed by atoms with van der Waals surface area (Å²) in [6.45, 7) is 3.75. The molecule has 2 radical (unpaired) electrons. The lowest BCUT2D eigenvalue weighted by Crippen LogP contribution is -1.74. The molecule has 0 aromatic carbocycles. The Morgan fingerprint density at radius 2 is 2.29 bits per heavy atom. The van der Waals surface area contributed by atoms with Gasteiger partial charge in [-0.3, -0.25) is 0 Å². The first kappa shape index (κ1) is 5.14. The fourth-order valence-corrected chi connectivity index (χ4v) is 0.685. The van der Waals surface area contributed by atoms with Gasteiger partial charge in [0.05, 0.1) is 0 Å². The van der Waals surface area contributed by atoms with Crippen molar-refractivity contribution in [1.82, 2.24) is 0 Å². The Labute approximate surface area is 45.9 Å². The van der Waals surface area contributed by atoms with E-state index in [1.54, 1.807) is 0 Å². The molecule has 1 saturated carbocycles. The minimum absolute atomic E-state index is 0.988. The second-order valence-electron chi connectivity index (χ2n) is 2.22. The number of unbranched alkanes of at least 4 members (excludes halogenated alkanes) is 1. The molecule has 1 fully saturated rings. The molecule has 7 heavy (non-hydrogen) atoms. The lowest BCUT2D eigenvalue weighted by atomic mass is 10.2. The van der Waals surface area contributed by atoms with Crippen LogP contribution in [0.3, 0.4) is 0 Å². The van der Waals surface area contributed by atoms with Crippen LogP contribution in [-0.2, 0) is 0 Å². The van der Waals surface area contributed by atoms with Crippen LogP contribution in [0.15, 0.2) is 0 Å². The Morgan fingerprint density at radius 3 is 2.71 bits per heavy atom. The molecule has 0 atom stereocenters. The van der Waals surface area contributed by atoms with Crippen molar-refractivity contribution in [3.63, 3.8) is 0 Å². The molecule has 0 nitrogen and oxygen atoms in total. The predicted octanol–water partition coefficient (Wildman–Crippen LogP) is 2.21. The third kappa shape index (κ3) is 1.96. The molecule has 0 heteroatoms. The third-order valence-electron chi connectivity index (χ3n) is 1.33. The van der Waals surface area contributed by atoms with Gasteiger partial charge in [-0.15, -0.1) is 0 Å². The molecule has 0 N–H and O–H groups in total. The van der Waals surface area contributed by atoms with Crippen LogP contribution in [-0.4, -0.2) is 0 Å². The zero-order valence-corrected chi connectivity index (χ0v) is 4.69. The first-order chi connectivity index (χ1) is 3.43. The monoisotopic (exact) mass is 96.1 g/mol. The molecule has 0 spiro atoms. The van der Waals surface area contributed by atoms with Gasteiger partial charge in [-0.2, -0.15) is 0 Å². The Balaban J connectivity index is 1.80. The second kappa shape index (κ2) is 2.34. The summed E-state index contributed by atoms with van der Waals surface area (Å²) >= 11 is 0. The Morgan fingerprint density at radius 1 is 1.57 bits per heavy atom. The van der Waals surface area contributed by atoms with Gasteiger partial charge in [-0.05, 0) is 31.6 Å². The quantitative estimate of drug-likeness (QED) is 0.505. The second-order valence-corrected chi connectivity index (χ2v) is 2.22. The van der Waals surface area contributed by atoms with Gasteiger partial charge < -0.3 is 0 Å². The maximum absolute atomic E-state index is 3.75. The fraction of sp³-hybridized carbons (Fsp3) is 0.714. The zero-order chi connectivity index (χ0) is 5.11. The van der Waals surface area contributed by atoms with E-state index in [0.29, 0.717) is 0 Å². The Bertz CT molecular complexity index is 44.0. The van der Waals surface area contributed by atoms with E-state index in [1.165, 1.54) is 19.3 Å². The van der Waals surface area contributed by atoms with Crippen molar-refractivity contribution < 1.29 is 0 Å². The van der Waals surface area contributed by atoms with Gasteiger partial charge in [0.25, 0.3) is 0 Å². The fourth-order valence-electron chi connectivity index (χ4n) is 0.685. The predicted molar refractivity (Wildman–Crippen MR) is 31.6 cm³/mol. The summed E-state index contributed by atoms with van der Waals surface area (Å²) < 4.78 is 0. The molecule has 0 heterocycles. The minimum atomic E-state index is 0.988. The molecule has 0 amide bonds. The molecule has 0 aromatic heterocycles. The van der Waals surface area contributed by atoms with Gasteiger partial charge in [0.2, 0.25) is 0 Å². The molecule has 40 valence electrons. The van der Waals surface area contributed by atoms with E-state index < -0.39 is 0 Å². The molecule has 0 aromatic rings. The van der Waals surface area contributed by atoms with Crippen LogP contribution in [0.4, 0.5) is 0 Å². The molecular weight excluding hydrogens is 84.1 g/mol. The molecular formula is C7H12. The van der Waals surface area contributed by atoms with E-state index in [0.717, 1.165) is 12.3 Å². The highest BCUT2D eigenvalue weighted by atomic mass is 14.2. The summed E-state index contributed by atoms with van der Waals surface area (Å²) in [5.41, 5.74) is 0. The molecule has 1 aliphatic rings. The molecule has 0 saturated heterocycles. The summed E-state index contributed by atoms with van der Waals surface area (Å²) in [5.74, 6) is 0.988. The van der Waals surface area contributed by atoms with E-state index in [2.05, 4.69) is 13.3 Å². The van der Waals surface area contributed by atoms with Crippen molar-refractivity contribution in [3.8, 4) is 0 Å². The standard InChI is InChI=1S/C7H12/c1-2-3-4-7-5-6-7/h4,7H,1-3,5-6H2. The first-order valence-corrected chi connectivity index (χ1v) is 3.06. The average molecular weight is 96.2 g/mol.